The number of pyridine rings is 1. The van der Waals surface area contributed by atoms with E-state index in [9.17, 15) is 4.79 Å². The van der Waals surface area contributed by atoms with Gasteiger partial charge in [0.1, 0.15) is 5.60 Å². The predicted molar refractivity (Wildman–Crippen MR) is 75.3 cm³/mol. The van der Waals surface area contributed by atoms with Crippen LogP contribution in [0.2, 0.25) is 0 Å². The van der Waals surface area contributed by atoms with Crippen LogP contribution >= 0.6 is 0 Å². The van der Waals surface area contributed by atoms with E-state index in [-0.39, 0.29) is 17.9 Å². The molecular formula is C15H22N2O3. The first-order valence-corrected chi connectivity index (χ1v) is 6.85. The Balaban J connectivity index is 1.96. The lowest BCUT2D eigenvalue weighted by Crippen LogP contribution is -2.50. The molecule has 0 spiro atoms. The second kappa shape index (κ2) is 6.33. The van der Waals surface area contributed by atoms with Crippen LogP contribution in [-0.4, -0.2) is 42.9 Å². The van der Waals surface area contributed by atoms with Crippen LogP contribution < -0.4 is 5.32 Å². The van der Waals surface area contributed by atoms with Crippen molar-refractivity contribution in [3.05, 3.63) is 30.1 Å². The molecule has 1 saturated heterocycles. The number of rotatable bonds is 5. The average Bonchev–Trinajstić information content (AvgIpc) is 2.87. The maximum atomic E-state index is 12.1. The SMILES string of the molecule is COC(C)(C)C(=O)N[C@@H]1COC[C@H]1Cc1ccncc1. The van der Waals surface area contributed by atoms with Crippen LogP contribution in [0.1, 0.15) is 19.4 Å². The van der Waals surface area contributed by atoms with Gasteiger partial charge in [-0.15, -0.1) is 0 Å². The molecule has 0 aromatic carbocycles. The smallest absolute Gasteiger partial charge is 0.251 e. The third-order valence-corrected chi connectivity index (χ3v) is 3.82. The summed E-state index contributed by atoms with van der Waals surface area (Å²) in [4.78, 5) is 16.2. The Morgan fingerprint density at radius 3 is 2.80 bits per heavy atom. The number of amides is 1. The number of nitrogens with zero attached hydrogens (tertiary/aromatic N) is 1. The van der Waals surface area contributed by atoms with Gasteiger partial charge in [0.15, 0.2) is 0 Å². The van der Waals surface area contributed by atoms with Crippen molar-refractivity contribution >= 4 is 5.91 Å². The first-order chi connectivity index (χ1) is 9.53. The molecule has 0 radical (unpaired) electrons. The first kappa shape index (κ1) is 14.9. The van der Waals surface area contributed by atoms with E-state index in [0.717, 1.165) is 6.42 Å². The Morgan fingerprint density at radius 1 is 1.45 bits per heavy atom. The predicted octanol–water partition coefficient (Wildman–Crippen LogP) is 1.18. The molecule has 2 heterocycles. The topological polar surface area (TPSA) is 60.5 Å². The van der Waals surface area contributed by atoms with Crippen LogP contribution in [0, 0.1) is 5.92 Å². The van der Waals surface area contributed by atoms with Gasteiger partial charge in [0, 0.05) is 25.4 Å². The van der Waals surface area contributed by atoms with E-state index < -0.39 is 5.60 Å². The Labute approximate surface area is 119 Å². The minimum atomic E-state index is -0.816. The molecule has 1 aliphatic rings. The third kappa shape index (κ3) is 3.55. The van der Waals surface area contributed by atoms with E-state index in [2.05, 4.69) is 10.3 Å². The minimum absolute atomic E-state index is 0.0325. The second-order valence-corrected chi connectivity index (χ2v) is 5.65. The number of hydrogen-bond acceptors (Lipinski definition) is 4. The number of nitrogens with one attached hydrogen (secondary N) is 1. The summed E-state index contributed by atoms with van der Waals surface area (Å²) in [5, 5.41) is 3.04. The molecule has 1 aliphatic heterocycles. The molecule has 1 fully saturated rings. The number of hydrogen-bond donors (Lipinski definition) is 1. The molecule has 0 aliphatic carbocycles. The van der Waals surface area contributed by atoms with E-state index in [1.54, 1.807) is 33.4 Å². The van der Waals surface area contributed by atoms with Crippen molar-refractivity contribution in [2.24, 2.45) is 5.92 Å². The molecule has 5 nitrogen and oxygen atoms in total. The molecule has 2 rings (SSSR count). The van der Waals surface area contributed by atoms with Gasteiger partial charge in [0.2, 0.25) is 0 Å². The summed E-state index contributed by atoms with van der Waals surface area (Å²) in [5.74, 6) is 0.184. The van der Waals surface area contributed by atoms with Crippen molar-refractivity contribution < 1.29 is 14.3 Å². The van der Waals surface area contributed by atoms with E-state index in [1.807, 2.05) is 12.1 Å². The Kier molecular flexibility index (Phi) is 4.73. The fraction of sp³-hybridized carbons (Fsp3) is 0.600. The normalized spacial score (nSPS) is 22.8. The van der Waals surface area contributed by atoms with Gasteiger partial charge >= 0.3 is 0 Å². The Bertz CT molecular complexity index is 448. The summed E-state index contributed by atoms with van der Waals surface area (Å²) in [6.07, 6.45) is 4.44. The van der Waals surface area contributed by atoms with Gasteiger partial charge in [-0.2, -0.15) is 0 Å². The summed E-state index contributed by atoms with van der Waals surface area (Å²) in [6, 6.07) is 4.03. The van der Waals surface area contributed by atoms with Crippen LogP contribution in [-0.2, 0) is 20.7 Å². The number of methoxy groups -OCH3 is 1. The fourth-order valence-corrected chi connectivity index (χ4v) is 2.22. The van der Waals surface area contributed by atoms with Gasteiger partial charge in [-0.1, -0.05) is 0 Å². The second-order valence-electron chi connectivity index (χ2n) is 5.65. The third-order valence-electron chi connectivity index (χ3n) is 3.82. The molecule has 0 bridgehead atoms. The molecule has 2 atom stereocenters. The van der Waals surface area contributed by atoms with E-state index in [1.165, 1.54) is 5.56 Å². The van der Waals surface area contributed by atoms with Gasteiger partial charge in [0.05, 0.1) is 19.3 Å². The van der Waals surface area contributed by atoms with Gasteiger partial charge in [-0.25, -0.2) is 0 Å². The van der Waals surface area contributed by atoms with Crippen molar-refractivity contribution in [3.63, 3.8) is 0 Å². The molecule has 1 amide bonds. The van der Waals surface area contributed by atoms with Crippen LogP contribution in [0.3, 0.4) is 0 Å². The van der Waals surface area contributed by atoms with Crippen LogP contribution in [0.4, 0.5) is 0 Å². The molecule has 0 unspecified atom stereocenters. The van der Waals surface area contributed by atoms with Crippen molar-refractivity contribution in [2.75, 3.05) is 20.3 Å². The van der Waals surface area contributed by atoms with Crippen molar-refractivity contribution in [1.29, 1.82) is 0 Å². The highest BCUT2D eigenvalue weighted by Crippen LogP contribution is 2.20. The highest BCUT2D eigenvalue weighted by Gasteiger charge is 2.34. The monoisotopic (exact) mass is 278 g/mol. The van der Waals surface area contributed by atoms with Gasteiger partial charge in [0.25, 0.3) is 5.91 Å². The minimum Gasteiger partial charge on any atom is -0.379 e. The average molecular weight is 278 g/mol. The molecule has 1 aromatic heterocycles. The number of ether oxygens (including phenoxy) is 2. The zero-order valence-electron chi connectivity index (χ0n) is 12.3. The fourth-order valence-electron chi connectivity index (χ4n) is 2.22. The number of aromatic nitrogens is 1. The summed E-state index contributed by atoms with van der Waals surface area (Å²) >= 11 is 0. The van der Waals surface area contributed by atoms with E-state index in [4.69, 9.17) is 9.47 Å². The lowest BCUT2D eigenvalue weighted by Gasteiger charge is -2.26. The number of carbonyl (C=O) groups is 1. The summed E-state index contributed by atoms with van der Waals surface area (Å²) in [7, 11) is 1.54. The van der Waals surface area contributed by atoms with E-state index in [0.29, 0.717) is 13.2 Å². The number of carbonyl (C=O) groups excluding carboxylic acids is 1. The molecular weight excluding hydrogens is 256 g/mol. The standard InChI is InChI=1S/C15H22N2O3/c1-15(2,19-3)14(18)17-13-10-20-9-12(13)8-11-4-6-16-7-5-11/h4-7,12-13H,8-10H2,1-3H3,(H,17,18)/t12-,13-/m1/s1. The Morgan fingerprint density at radius 2 is 2.15 bits per heavy atom. The quantitative estimate of drug-likeness (QED) is 0.878. The van der Waals surface area contributed by atoms with Crippen LogP contribution in [0.25, 0.3) is 0 Å². The van der Waals surface area contributed by atoms with Crippen molar-refractivity contribution in [2.45, 2.75) is 31.9 Å². The molecule has 1 aromatic rings. The molecule has 20 heavy (non-hydrogen) atoms. The Hall–Kier alpha value is -1.46. The van der Waals surface area contributed by atoms with Gasteiger partial charge in [-0.05, 0) is 38.0 Å². The molecule has 110 valence electrons. The van der Waals surface area contributed by atoms with Crippen molar-refractivity contribution in [1.82, 2.24) is 10.3 Å². The summed E-state index contributed by atoms with van der Waals surface area (Å²) in [6.45, 7) is 4.74. The van der Waals surface area contributed by atoms with Gasteiger partial charge < -0.3 is 14.8 Å². The lowest BCUT2D eigenvalue weighted by molar-refractivity contribution is -0.140. The molecule has 0 saturated carbocycles. The first-order valence-electron chi connectivity index (χ1n) is 6.85. The van der Waals surface area contributed by atoms with Crippen LogP contribution in [0.5, 0.6) is 0 Å². The molecule has 1 N–H and O–H groups in total. The highest BCUT2D eigenvalue weighted by molar-refractivity contribution is 5.84. The van der Waals surface area contributed by atoms with Gasteiger partial charge in [-0.3, -0.25) is 9.78 Å². The molecule has 5 heteroatoms. The largest absolute Gasteiger partial charge is 0.379 e. The van der Waals surface area contributed by atoms with E-state index >= 15 is 0 Å². The maximum absolute atomic E-state index is 12.1. The zero-order chi connectivity index (χ0) is 14.6. The van der Waals surface area contributed by atoms with Crippen LogP contribution in [0.15, 0.2) is 24.5 Å². The lowest BCUT2D eigenvalue weighted by atomic mass is 9.94. The summed E-state index contributed by atoms with van der Waals surface area (Å²) in [5.41, 5.74) is 0.393. The maximum Gasteiger partial charge on any atom is 0.251 e. The zero-order valence-corrected chi connectivity index (χ0v) is 12.3. The summed E-state index contributed by atoms with van der Waals surface area (Å²) < 4.78 is 10.7. The highest BCUT2D eigenvalue weighted by atomic mass is 16.5. The van der Waals surface area contributed by atoms with Crippen molar-refractivity contribution in [3.8, 4) is 0 Å².